The van der Waals surface area contributed by atoms with Crippen molar-refractivity contribution in [3.05, 3.63) is 35.4 Å². The summed E-state index contributed by atoms with van der Waals surface area (Å²) in [6, 6.07) is 10.2. The molecule has 2 rings (SSSR count). The lowest BCUT2D eigenvalue weighted by atomic mass is 9.75. The van der Waals surface area contributed by atoms with Gasteiger partial charge in [-0.3, -0.25) is 0 Å². The summed E-state index contributed by atoms with van der Waals surface area (Å²) in [4.78, 5) is 0. The normalized spacial score (nSPS) is 23.0. The van der Waals surface area contributed by atoms with Gasteiger partial charge in [-0.1, -0.05) is 12.1 Å². The molecular weight excluding hydrogens is 248 g/mol. The molecule has 0 aromatic heterocycles. The third-order valence-electron chi connectivity index (χ3n) is 4.25. The number of ether oxygens (including phenoxy) is 1. The van der Waals surface area contributed by atoms with Crippen LogP contribution in [0.3, 0.4) is 0 Å². The maximum absolute atomic E-state index is 8.90. The van der Waals surface area contributed by atoms with Crippen molar-refractivity contribution in [2.45, 2.75) is 44.6 Å². The summed E-state index contributed by atoms with van der Waals surface area (Å²) in [5.74, 6) is 1.08. The second-order valence-corrected chi connectivity index (χ2v) is 6.28. The lowest BCUT2D eigenvalue weighted by molar-refractivity contribution is -0.0771. The standard InChI is InChI=1S/C17H24N2O/c1-17(2)11-15(8-10-20-17)16(7-9-18)14-5-3-13(12-19)4-6-14/h3-6,15-16H,7-11,18H2,1-2H3/t15-,16+/m0/s1. The molecule has 3 heteroatoms. The van der Waals surface area contributed by atoms with Gasteiger partial charge < -0.3 is 10.5 Å². The lowest BCUT2D eigenvalue weighted by Crippen LogP contribution is -2.36. The SMILES string of the molecule is CC1(C)C[C@@H]([C@H](CCN)c2ccc(C#N)cc2)CCO1. The van der Waals surface area contributed by atoms with Crippen LogP contribution in [0.2, 0.25) is 0 Å². The van der Waals surface area contributed by atoms with Gasteiger partial charge in [0.15, 0.2) is 0 Å². The molecule has 0 bridgehead atoms. The first-order valence-electron chi connectivity index (χ1n) is 7.40. The van der Waals surface area contributed by atoms with Crippen molar-refractivity contribution in [2.75, 3.05) is 13.2 Å². The fourth-order valence-electron chi connectivity index (χ4n) is 3.28. The van der Waals surface area contributed by atoms with Crippen LogP contribution in [0.4, 0.5) is 0 Å². The van der Waals surface area contributed by atoms with E-state index in [0.717, 1.165) is 25.9 Å². The number of hydrogen-bond acceptors (Lipinski definition) is 3. The van der Waals surface area contributed by atoms with Gasteiger partial charge in [0.05, 0.1) is 17.2 Å². The Morgan fingerprint density at radius 2 is 2.10 bits per heavy atom. The van der Waals surface area contributed by atoms with Crippen molar-refractivity contribution < 1.29 is 4.74 Å². The van der Waals surface area contributed by atoms with Gasteiger partial charge >= 0.3 is 0 Å². The molecule has 0 radical (unpaired) electrons. The Morgan fingerprint density at radius 3 is 2.65 bits per heavy atom. The fraction of sp³-hybridized carbons (Fsp3) is 0.588. The number of rotatable bonds is 4. The molecule has 1 aliphatic rings. The molecule has 0 spiro atoms. The Hall–Kier alpha value is -1.37. The monoisotopic (exact) mass is 272 g/mol. The van der Waals surface area contributed by atoms with E-state index in [2.05, 4.69) is 32.0 Å². The molecule has 0 unspecified atom stereocenters. The predicted octanol–water partition coefficient (Wildman–Crippen LogP) is 3.20. The Kier molecular flexibility index (Phi) is 4.80. The van der Waals surface area contributed by atoms with E-state index in [0.29, 0.717) is 23.9 Å². The van der Waals surface area contributed by atoms with E-state index in [1.165, 1.54) is 5.56 Å². The first kappa shape index (κ1) is 15.0. The van der Waals surface area contributed by atoms with Crippen LogP contribution in [0.15, 0.2) is 24.3 Å². The van der Waals surface area contributed by atoms with Crippen molar-refractivity contribution >= 4 is 0 Å². The second kappa shape index (κ2) is 6.39. The fourth-order valence-corrected chi connectivity index (χ4v) is 3.28. The summed E-state index contributed by atoms with van der Waals surface area (Å²) < 4.78 is 5.82. The minimum absolute atomic E-state index is 0.0393. The molecule has 2 atom stereocenters. The van der Waals surface area contributed by atoms with Crippen LogP contribution in [0.25, 0.3) is 0 Å². The molecule has 1 heterocycles. The first-order chi connectivity index (χ1) is 9.55. The summed E-state index contributed by atoms with van der Waals surface area (Å²) >= 11 is 0. The third kappa shape index (κ3) is 3.59. The van der Waals surface area contributed by atoms with Crippen LogP contribution in [0.1, 0.15) is 50.2 Å². The number of nitriles is 1. The largest absolute Gasteiger partial charge is 0.376 e. The summed E-state index contributed by atoms with van der Waals surface area (Å²) in [7, 11) is 0. The van der Waals surface area contributed by atoms with Crippen LogP contribution in [-0.4, -0.2) is 18.8 Å². The molecule has 0 saturated carbocycles. The van der Waals surface area contributed by atoms with Crippen molar-refractivity contribution in [3.8, 4) is 6.07 Å². The molecule has 0 amide bonds. The van der Waals surface area contributed by atoms with Gasteiger partial charge in [-0.25, -0.2) is 0 Å². The van der Waals surface area contributed by atoms with Crippen LogP contribution in [-0.2, 0) is 4.74 Å². The van der Waals surface area contributed by atoms with Crippen molar-refractivity contribution in [2.24, 2.45) is 11.7 Å². The molecule has 2 N–H and O–H groups in total. The topological polar surface area (TPSA) is 59.0 Å². The zero-order chi connectivity index (χ0) is 14.6. The quantitative estimate of drug-likeness (QED) is 0.915. The number of nitrogens with two attached hydrogens (primary N) is 1. The second-order valence-electron chi connectivity index (χ2n) is 6.28. The molecule has 3 nitrogen and oxygen atoms in total. The smallest absolute Gasteiger partial charge is 0.0991 e. The van der Waals surface area contributed by atoms with Crippen LogP contribution in [0, 0.1) is 17.2 Å². The average Bonchev–Trinajstić information content (AvgIpc) is 2.44. The highest BCUT2D eigenvalue weighted by molar-refractivity contribution is 5.33. The number of hydrogen-bond donors (Lipinski definition) is 1. The van der Waals surface area contributed by atoms with E-state index in [1.807, 2.05) is 12.1 Å². The first-order valence-corrected chi connectivity index (χ1v) is 7.40. The number of benzene rings is 1. The summed E-state index contributed by atoms with van der Waals surface area (Å²) in [6.45, 7) is 5.85. The van der Waals surface area contributed by atoms with Crippen LogP contribution >= 0.6 is 0 Å². The molecule has 1 fully saturated rings. The maximum atomic E-state index is 8.90. The zero-order valence-corrected chi connectivity index (χ0v) is 12.4. The Labute approximate surface area is 121 Å². The lowest BCUT2D eigenvalue weighted by Gasteiger charge is -2.39. The van der Waals surface area contributed by atoms with Gasteiger partial charge in [-0.2, -0.15) is 5.26 Å². The highest BCUT2D eigenvalue weighted by atomic mass is 16.5. The zero-order valence-electron chi connectivity index (χ0n) is 12.4. The molecule has 1 aromatic rings. The van der Waals surface area contributed by atoms with Gasteiger partial charge in [-0.05, 0) is 69.2 Å². The molecule has 108 valence electrons. The van der Waals surface area contributed by atoms with E-state index < -0.39 is 0 Å². The van der Waals surface area contributed by atoms with Crippen LogP contribution < -0.4 is 5.73 Å². The highest BCUT2D eigenvalue weighted by Crippen LogP contribution is 2.39. The maximum Gasteiger partial charge on any atom is 0.0991 e. The van der Waals surface area contributed by atoms with E-state index >= 15 is 0 Å². The molecular formula is C17H24N2O. The molecule has 20 heavy (non-hydrogen) atoms. The average molecular weight is 272 g/mol. The molecule has 0 aliphatic carbocycles. The highest BCUT2D eigenvalue weighted by Gasteiger charge is 2.33. The summed E-state index contributed by atoms with van der Waals surface area (Å²) in [5, 5.41) is 8.90. The van der Waals surface area contributed by atoms with Gasteiger partial charge in [0.25, 0.3) is 0 Å². The van der Waals surface area contributed by atoms with Gasteiger partial charge in [0.1, 0.15) is 0 Å². The summed E-state index contributed by atoms with van der Waals surface area (Å²) in [6.07, 6.45) is 3.15. The van der Waals surface area contributed by atoms with Crippen LogP contribution in [0.5, 0.6) is 0 Å². The Bertz CT molecular complexity index is 473. The van der Waals surface area contributed by atoms with E-state index in [1.54, 1.807) is 0 Å². The van der Waals surface area contributed by atoms with Crippen molar-refractivity contribution in [1.29, 1.82) is 5.26 Å². The molecule has 1 aliphatic heterocycles. The Morgan fingerprint density at radius 1 is 1.40 bits per heavy atom. The minimum atomic E-state index is -0.0393. The minimum Gasteiger partial charge on any atom is -0.376 e. The van der Waals surface area contributed by atoms with Gasteiger partial charge in [0, 0.05) is 6.61 Å². The van der Waals surface area contributed by atoms with E-state index in [-0.39, 0.29) is 5.60 Å². The number of nitrogens with zero attached hydrogens (tertiary/aromatic N) is 1. The summed E-state index contributed by atoms with van der Waals surface area (Å²) in [5.41, 5.74) is 7.79. The molecule has 1 saturated heterocycles. The van der Waals surface area contributed by atoms with E-state index in [4.69, 9.17) is 15.7 Å². The Balaban J connectivity index is 2.19. The van der Waals surface area contributed by atoms with Crippen molar-refractivity contribution in [1.82, 2.24) is 0 Å². The third-order valence-corrected chi connectivity index (χ3v) is 4.25. The van der Waals surface area contributed by atoms with E-state index in [9.17, 15) is 0 Å². The predicted molar refractivity (Wildman–Crippen MR) is 80.3 cm³/mol. The molecule has 1 aromatic carbocycles. The van der Waals surface area contributed by atoms with Gasteiger partial charge in [-0.15, -0.1) is 0 Å². The van der Waals surface area contributed by atoms with Gasteiger partial charge in [0.2, 0.25) is 0 Å². The van der Waals surface area contributed by atoms with Crippen molar-refractivity contribution in [3.63, 3.8) is 0 Å².